The van der Waals surface area contributed by atoms with Crippen molar-refractivity contribution < 1.29 is 14.3 Å². The first kappa shape index (κ1) is 21.9. The van der Waals surface area contributed by atoms with E-state index in [0.717, 1.165) is 33.1 Å². The summed E-state index contributed by atoms with van der Waals surface area (Å²) < 4.78 is 5.27. The average Bonchev–Trinajstić information content (AvgIpc) is 3.29. The van der Waals surface area contributed by atoms with Crippen LogP contribution in [0.2, 0.25) is 0 Å². The lowest BCUT2D eigenvalue weighted by Crippen LogP contribution is -2.24. The van der Waals surface area contributed by atoms with Crippen LogP contribution in [0.1, 0.15) is 40.0 Å². The number of carbonyl (C=O) groups is 2. The zero-order valence-corrected chi connectivity index (χ0v) is 19.2. The maximum Gasteiger partial charge on any atom is 0.331 e. The molecule has 0 unspecified atom stereocenters. The van der Waals surface area contributed by atoms with E-state index in [1.54, 1.807) is 16.4 Å². The number of amides is 1. The zero-order valence-electron chi connectivity index (χ0n) is 17.6. The van der Waals surface area contributed by atoms with Gasteiger partial charge in [0.1, 0.15) is 6.61 Å². The second kappa shape index (κ2) is 9.32. The van der Waals surface area contributed by atoms with Gasteiger partial charge in [0, 0.05) is 23.8 Å². The fourth-order valence-corrected chi connectivity index (χ4v) is 4.62. The lowest BCUT2D eigenvalue weighted by molar-refractivity contribution is -0.139. The number of hydrogen-bond acceptors (Lipinski definition) is 7. The summed E-state index contributed by atoms with van der Waals surface area (Å²) in [7, 11) is 0. The average molecular weight is 442 g/mol. The molecule has 156 valence electrons. The molecule has 0 N–H and O–H groups in total. The van der Waals surface area contributed by atoms with Crippen LogP contribution < -0.4 is 4.90 Å². The Hall–Kier alpha value is -2.84. The summed E-state index contributed by atoms with van der Waals surface area (Å²) in [5.41, 5.74) is 5.32. The molecule has 8 heteroatoms. The quantitative estimate of drug-likeness (QED) is 0.385. The summed E-state index contributed by atoms with van der Waals surface area (Å²) in [6.45, 7) is 9.46. The molecule has 0 atom stereocenters. The number of ether oxygens (including phenoxy) is 1. The molecule has 0 saturated heterocycles. The third kappa shape index (κ3) is 5.20. The molecule has 1 aromatic carbocycles. The first-order valence-corrected chi connectivity index (χ1v) is 11.1. The third-order valence-corrected chi connectivity index (χ3v) is 5.96. The van der Waals surface area contributed by atoms with Crippen molar-refractivity contribution in [2.75, 3.05) is 4.90 Å². The lowest BCUT2D eigenvalue weighted by atomic mass is 10.0. The van der Waals surface area contributed by atoms with Crippen molar-refractivity contribution >= 4 is 51.4 Å². The summed E-state index contributed by atoms with van der Waals surface area (Å²) >= 11 is 2.86. The van der Waals surface area contributed by atoms with E-state index in [-0.39, 0.29) is 12.5 Å². The van der Waals surface area contributed by atoms with Crippen molar-refractivity contribution in [1.82, 2.24) is 9.97 Å². The topological polar surface area (TPSA) is 72.4 Å². The van der Waals surface area contributed by atoms with E-state index >= 15 is 0 Å². The molecule has 0 spiro atoms. The number of rotatable bonds is 6. The van der Waals surface area contributed by atoms with Crippen molar-refractivity contribution in [2.45, 2.75) is 41.2 Å². The van der Waals surface area contributed by atoms with Gasteiger partial charge in [0.2, 0.25) is 5.91 Å². The van der Waals surface area contributed by atoms with Crippen molar-refractivity contribution in [2.24, 2.45) is 0 Å². The standard InChI is InChI=1S/C22H23N3O3S2/c1-13-8-14(2)21(15(3)9-13)25(17(5)26)22-24-19(12-30-22)10-28-20(27)7-6-18-11-29-16(4)23-18/h6-9,11-12H,10H2,1-5H3. The maximum atomic E-state index is 12.4. The molecule has 2 aromatic heterocycles. The normalized spacial score (nSPS) is 11.1. The molecule has 0 fully saturated rings. The smallest absolute Gasteiger partial charge is 0.331 e. The Kier molecular flexibility index (Phi) is 6.79. The highest BCUT2D eigenvalue weighted by atomic mass is 32.1. The first-order chi connectivity index (χ1) is 14.2. The summed E-state index contributed by atoms with van der Waals surface area (Å²) in [5, 5.41) is 5.16. The minimum atomic E-state index is -0.469. The number of anilines is 2. The van der Waals surface area contributed by atoms with Gasteiger partial charge in [0.25, 0.3) is 0 Å². The number of thiazole rings is 2. The van der Waals surface area contributed by atoms with Gasteiger partial charge >= 0.3 is 5.97 Å². The van der Waals surface area contributed by atoms with Gasteiger partial charge in [-0.05, 0) is 44.9 Å². The second-order valence-corrected chi connectivity index (χ2v) is 8.85. The molecule has 3 aromatic rings. The van der Waals surface area contributed by atoms with E-state index in [9.17, 15) is 9.59 Å². The number of carbonyl (C=O) groups excluding carboxylic acids is 2. The Balaban J connectivity index is 1.72. The van der Waals surface area contributed by atoms with Crippen LogP contribution in [0.4, 0.5) is 10.8 Å². The van der Waals surface area contributed by atoms with Gasteiger partial charge < -0.3 is 4.74 Å². The van der Waals surface area contributed by atoms with Crippen LogP contribution in [0.3, 0.4) is 0 Å². The van der Waals surface area contributed by atoms with E-state index in [0.29, 0.717) is 10.8 Å². The Morgan fingerprint density at radius 3 is 2.37 bits per heavy atom. The van der Waals surface area contributed by atoms with E-state index < -0.39 is 5.97 Å². The van der Waals surface area contributed by atoms with Gasteiger partial charge in [0.15, 0.2) is 5.13 Å². The number of aryl methyl sites for hydroxylation is 4. The maximum absolute atomic E-state index is 12.4. The number of nitrogens with zero attached hydrogens (tertiary/aromatic N) is 3. The van der Waals surface area contributed by atoms with Crippen molar-refractivity contribution in [3.8, 4) is 0 Å². The molecule has 0 aliphatic carbocycles. The van der Waals surface area contributed by atoms with Gasteiger partial charge in [-0.3, -0.25) is 9.69 Å². The fourth-order valence-electron chi connectivity index (χ4n) is 3.18. The number of hydrogen-bond donors (Lipinski definition) is 0. The van der Waals surface area contributed by atoms with E-state index in [4.69, 9.17) is 4.74 Å². The Labute approximate surface area is 183 Å². The molecular weight excluding hydrogens is 418 g/mol. The van der Waals surface area contributed by atoms with Crippen molar-refractivity contribution in [3.63, 3.8) is 0 Å². The highest BCUT2D eigenvalue weighted by Gasteiger charge is 2.22. The molecule has 0 radical (unpaired) electrons. The van der Waals surface area contributed by atoms with Gasteiger partial charge in [-0.1, -0.05) is 17.7 Å². The minimum Gasteiger partial charge on any atom is -0.456 e. The van der Waals surface area contributed by atoms with Crippen LogP contribution in [0.15, 0.2) is 29.0 Å². The number of benzene rings is 1. The molecule has 1 amide bonds. The van der Waals surface area contributed by atoms with E-state index in [1.807, 2.05) is 45.2 Å². The highest BCUT2D eigenvalue weighted by molar-refractivity contribution is 7.14. The predicted molar refractivity (Wildman–Crippen MR) is 121 cm³/mol. The molecule has 3 rings (SSSR count). The molecular formula is C22H23N3O3S2. The summed E-state index contributed by atoms with van der Waals surface area (Å²) in [6, 6.07) is 4.09. The SMILES string of the molecule is CC(=O)N(c1nc(COC(=O)C=Cc2csc(C)n2)cs1)c1c(C)cc(C)cc1C. The Morgan fingerprint density at radius 1 is 1.07 bits per heavy atom. The van der Waals surface area contributed by atoms with Crippen LogP contribution in [-0.4, -0.2) is 21.8 Å². The van der Waals surface area contributed by atoms with E-state index in [1.165, 1.54) is 35.7 Å². The van der Waals surface area contributed by atoms with Gasteiger partial charge in [-0.2, -0.15) is 0 Å². The van der Waals surface area contributed by atoms with E-state index in [2.05, 4.69) is 9.97 Å². The van der Waals surface area contributed by atoms with Gasteiger partial charge in [0.05, 0.1) is 22.1 Å². The van der Waals surface area contributed by atoms with Crippen LogP contribution in [0, 0.1) is 27.7 Å². The zero-order chi connectivity index (χ0) is 21.8. The number of aromatic nitrogens is 2. The van der Waals surface area contributed by atoms with Crippen LogP contribution >= 0.6 is 22.7 Å². The molecule has 6 nitrogen and oxygen atoms in total. The first-order valence-electron chi connectivity index (χ1n) is 9.34. The second-order valence-electron chi connectivity index (χ2n) is 6.96. The summed E-state index contributed by atoms with van der Waals surface area (Å²) in [4.78, 5) is 34.8. The molecule has 0 bridgehead atoms. The van der Waals surface area contributed by atoms with Crippen LogP contribution in [0.25, 0.3) is 6.08 Å². The van der Waals surface area contributed by atoms with Crippen molar-refractivity contribution in [1.29, 1.82) is 0 Å². The highest BCUT2D eigenvalue weighted by Crippen LogP contribution is 2.34. The Bertz CT molecular complexity index is 1090. The Morgan fingerprint density at radius 2 is 1.77 bits per heavy atom. The third-order valence-electron chi connectivity index (χ3n) is 4.29. The molecule has 0 saturated carbocycles. The molecule has 2 heterocycles. The fraction of sp³-hybridized carbons (Fsp3) is 0.273. The largest absolute Gasteiger partial charge is 0.456 e. The molecule has 0 aliphatic heterocycles. The van der Waals surface area contributed by atoms with Gasteiger partial charge in [-0.15, -0.1) is 22.7 Å². The minimum absolute atomic E-state index is 0.0351. The molecule has 30 heavy (non-hydrogen) atoms. The van der Waals surface area contributed by atoms with Crippen LogP contribution in [0.5, 0.6) is 0 Å². The van der Waals surface area contributed by atoms with Gasteiger partial charge in [-0.25, -0.2) is 14.8 Å². The van der Waals surface area contributed by atoms with Crippen LogP contribution in [-0.2, 0) is 20.9 Å². The number of esters is 1. The van der Waals surface area contributed by atoms with Crippen molar-refractivity contribution in [3.05, 3.63) is 62.1 Å². The predicted octanol–water partition coefficient (Wildman–Crippen LogP) is 5.27. The molecule has 0 aliphatic rings. The summed E-state index contributed by atoms with van der Waals surface area (Å²) in [5.74, 6) is -0.590. The lowest BCUT2D eigenvalue weighted by Gasteiger charge is -2.23. The summed E-state index contributed by atoms with van der Waals surface area (Å²) in [6.07, 6.45) is 2.97. The monoisotopic (exact) mass is 441 g/mol.